The highest BCUT2D eigenvalue weighted by Gasteiger charge is 1.95. The number of aliphatic carboxylic acids is 1. The second-order valence-corrected chi connectivity index (χ2v) is 4.99. The third-order valence-corrected chi connectivity index (χ3v) is 3.04. The fraction of sp³-hybridized carbons (Fsp3) is 0.611. The molecule has 0 aliphatic carbocycles. The van der Waals surface area contributed by atoms with Crippen LogP contribution in [-0.4, -0.2) is 11.1 Å². The van der Waals surface area contributed by atoms with Crippen molar-refractivity contribution in [2.45, 2.75) is 71.1 Å². The van der Waals surface area contributed by atoms with Crippen molar-refractivity contribution in [1.82, 2.24) is 0 Å². The van der Waals surface area contributed by atoms with Crippen LogP contribution >= 0.6 is 0 Å². The second kappa shape index (κ2) is 15.7. The molecule has 0 atom stereocenters. The van der Waals surface area contributed by atoms with E-state index in [4.69, 9.17) is 5.11 Å². The fourth-order valence-electron chi connectivity index (χ4n) is 1.90. The molecule has 114 valence electrons. The molecule has 0 aromatic carbocycles. The molecule has 0 saturated carbocycles. The summed E-state index contributed by atoms with van der Waals surface area (Å²) in [5.74, 6) is -0.675. The van der Waals surface area contributed by atoms with Crippen LogP contribution in [0.5, 0.6) is 0 Å². The van der Waals surface area contributed by atoms with E-state index in [9.17, 15) is 4.79 Å². The molecular weight excluding hydrogens is 248 g/mol. The Hall–Kier alpha value is -1.31. The maximum atomic E-state index is 10.3. The molecule has 20 heavy (non-hydrogen) atoms. The molecule has 2 nitrogen and oxygen atoms in total. The summed E-state index contributed by atoms with van der Waals surface area (Å²) in [5.41, 5.74) is 0. The highest BCUT2D eigenvalue weighted by molar-refractivity contribution is 5.66. The van der Waals surface area contributed by atoms with E-state index in [1.54, 1.807) is 0 Å². The minimum atomic E-state index is -0.675. The Balaban J connectivity index is 3.23. The van der Waals surface area contributed by atoms with Crippen molar-refractivity contribution in [3.8, 4) is 0 Å². The highest BCUT2D eigenvalue weighted by Crippen LogP contribution is 2.07. The van der Waals surface area contributed by atoms with Crippen molar-refractivity contribution in [2.24, 2.45) is 0 Å². The molecular formula is C18H30O2. The van der Waals surface area contributed by atoms with Crippen molar-refractivity contribution < 1.29 is 9.90 Å². The van der Waals surface area contributed by atoms with Crippen molar-refractivity contribution in [2.75, 3.05) is 0 Å². The molecule has 0 aromatic rings. The Morgan fingerprint density at radius 2 is 1.35 bits per heavy atom. The second-order valence-electron chi connectivity index (χ2n) is 4.99. The van der Waals surface area contributed by atoms with Gasteiger partial charge in [0.05, 0.1) is 0 Å². The zero-order chi connectivity index (χ0) is 14.9. The third kappa shape index (κ3) is 16.7. The minimum Gasteiger partial charge on any atom is -0.481 e. The van der Waals surface area contributed by atoms with Crippen LogP contribution in [0.1, 0.15) is 71.1 Å². The van der Waals surface area contributed by atoms with Crippen molar-refractivity contribution in [3.05, 3.63) is 36.5 Å². The van der Waals surface area contributed by atoms with Crippen LogP contribution in [0.15, 0.2) is 36.5 Å². The maximum absolute atomic E-state index is 10.3. The Bertz CT molecular complexity index is 301. The first kappa shape index (κ1) is 18.7. The highest BCUT2D eigenvalue weighted by atomic mass is 16.4. The van der Waals surface area contributed by atoms with Gasteiger partial charge in [-0.3, -0.25) is 4.79 Å². The van der Waals surface area contributed by atoms with Crippen LogP contribution < -0.4 is 0 Å². The standard InChI is InChI=1S/C18H30O2/c1-2-3-4-5-6-7-8-9-10-11-12-13-14-15-16-17-18(19)20/h3-4,6-7,9-10H,2,5,8,11-17H2,1H3,(H,19,20)/b4-3-,7-6?,10-9?. The van der Waals surface area contributed by atoms with E-state index in [1.807, 2.05) is 0 Å². The molecule has 2 heteroatoms. The van der Waals surface area contributed by atoms with Crippen molar-refractivity contribution in [3.63, 3.8) is 0 Å². The van der Waals surface area contributed by atoms with E-state index in [1.165, 1.54) is 12.8 Å². The topological polar surface area (TPSA) is 37.3 Å². The fourth-order valence-corrected chi connectivity index (χ4v) is 1.90. The zero-order valence-electron chi connectivity index (χ0n) is 12.9. The molecule has 0 radical (unpaired) electrons. The first-order chi connectivity index (χ1) is 9.77. The molecule has 0 spiro atoms. The van der Waals surface area contributed by atoms with Gasteiger partial charge in [-0.1, -0.05) is 62.6 Å². The molecule has 0 aliphatic heterocycles. The van der Waals surface area contributed by atoms with Crippen LogP contribution in [0.4, 0.5) is 0 Å². The van der Waals surface area contributed by atoms with Gasteiger partial charge in [-0.25, -0.2) is 0 Å². The van der Waals surface area contributed by atoms with E-state index < -0.39 is 5.97 Å². The average molecular weight is 278 g/mol. The molecule has 0 rings (SSSR count). The van der Waals surface area contributed by atoms with Crippen LogP contribution in [0, 0.1) is 0 Å². The monoisotopic (exact) mass is 278 g/mol. The van der Waals surface area contributed by atoms with Gasteiger partial charge < -0.3 is 5.11 Å². The number of carbonyl (C=O) groups is 1. The van der Waals surface area contributed by atoms with Crippen molar-refractivity contribution >= 4 is 5.97 Å². The van der Waals surface area contributed by atoms with Gasteiger partial charge in [-0.15, -0.1) is 0 Å². The lowest BCUT2D eigenvalue weighted by Crippen LogP contribution is -1.93. The molecule has 0 aliphatic rings. The van der Waals surface area contributed by atoms with Crippen molar-refractivity contribution in [1.29, 1.82) is 0 Å². The summed E-state index contributed by atoms with van der Waals surface area (Å²) in [7, 11) is 0. The molecule has 0 fully saturated rings. The predicted octanol–water partition coefficient (Wildman–Crippen LogP) is 5.66. The minimum absolute atomic E-state index is 0.319. The average Bonchev–Trinajstić information content (AvgIpc) is 2.43. The summed E-state index contributed by atoms with van der Waals surface area (Å²) in [6.45, 7) is 2.15. The molecule has 0 saturated heterocycles. The van der Waals surface area contributed by atoms with Crippen LogP contribution in [0.25, 0.3) is 0 Å². The van der Waals surface area contributed by atoms with Gasteiger partial charge in [-0.05, 0) is 38.5 Å². The van der Waals surface area contributed by atoms with Gasteiger partial charge in [0.1, 0.15) is 0 Å². The van der Waals surface area contributed by atoms with Crippen LogP contribution in [-0.2, 0) is 4.79 Å². The van der Waals surface area contributed by atoms with E-state index in [-0.39, 0.29) is 0 Å². The summed E-state index contributed by atoms with van der Waals surface area (Å²) in [5, 5.41) is 8.50. The Morgan fingerprint density at radius 3 is 2.00 bits per heavy atom. The lowest BCUT2D eigenvalue weighted by Gasteiger charge is -1.98. The van der Waals surface area contributed by atoms with Crippen LogP contribution in [0.3, 0.4) is 0 Å². The Morgan fingerprint density at radius 1 is 0.800 bits per heavy atom. The number of unbranched alkanes of at least 4 members (excludes halogenated alkanes) is 5. The molecule has 0 bridgehead atoms. The number of carboxylic acid groups (broad SMARTS) is 1. The molecule has 0 aromatic heterocycles. The summed E-state index contributed by atoms with van der Waals surface area (Å²) in [6.07, 6.45) is 23.4. The SMILES string of the molecule is CC/C=C\CC=CCC=CCCCCCCCC(=O)O. The van der Waals surface area contributed by atoms with E-state index >= 15 is 0 Å². The van der Waals surface area contributed by atoms with Gasteiger partial charge in [0.15, 0.2) is 0 Å². The third-order valence-electron chi connectivity index (χ3n) is 3.04. The number of hydrogen-bond acceptors (Lipinski definition) is 1. The lowest BCUT2D eigenvalue weighted by molar-refractivity contribution is -0.137. The smallest absolute Gasteiger partial charge is 0.303 e. The zero-order valence-corrected chi connectivity index (χ0v) is 12.9. The van der Waals surface area contributed by atoms with Gasteiger partial charge in [0, 0.05) is 6.42 Å². The van der Waals surface area contributed by atoms with Gasteiger partial charge in [0.25, 0.3) is 0 Å². The summed E-state index contributed by atoms with van der Waals surface area (Å²) < 4.78 is 0. The molecule has 0 amide bonds. The van der Waals surface area contributed by atoms with E-state index in [0.29, 0.717) is 6.42 Å². The Kier molecular flexibility index (Phi) is 14.7. The van der Waals surface area contributed by atoms with Gasteiger partial charge in [-0.2, -0.15) is 0 Å². The quantitative estimate of drug-likeness (QED) is 0.348. The first-order valence-corrected chi connectivity index (χ1v) is 7.94. The van der Waals surface area contributed by atoms with Gasteiger partial charge in [0.2, 0.25) is 0 Å². The van der Waals surface area contributed by atoms with E-state index in [2.05, 4.69) is 43.4 Å². The lowest BCUT2D eigenvalue weighted by atomic mass is 10.1. The van der Waals surface area contributed by atoms with Gasteiger partial charge >= 0.3 is 5.97 Å². The number of rotatable bonds is 13. The molecule has 1 N–H and O–H groups in total. The summed E-state index contributed by atoms with van der Waals surface area (Å²) in [4.78, 5) is 10.3. The predicted molar refractivity (Wildman–Crippen MR) is 86.9 cm³/mol. The number of allylic oxidation sites excluding steroid dienone is 6. The summed E-state index contributed by atoms with van der Waals surface area (Å²) >= 11 is 0. The molecule has 0 heterocycles. The van der Waals surface area contributed by atoms with E-state index in [0.717, 1.165) is 44.9 Å². The Labute approximate surface area is 124 Å². The first-order valence-electron chi connectivity index (χ1n) is 7.94. The van der Waals surface area contributed by atoms with Crippen LogP contribution in [0.2, 0.25) is 0 Å². The number of carboxylic acids is 1. The molecule has 0 unspecified atom stereocenters. The number of hydrogen-bond donors (Lipinski definition) is 1. The largest absolute Gasteiger partial charge is 0.481 e. The summed E-state index contributed by atoms with van der Waals surface area (Å²) in [6, 6.07) is 0. The maximum Gasteiger partial charge on any atom is 0.303 e. The normalized spacial score (nSPS) is 12.1.